The number of carbonyl (C=O) groups excluding carboxylic acids is 1. The highest BCUT2D eigenvalue weighted by Crippen LogP contribution is 2.22. The van der Waals surface area contributed by atoms with Crippen molar-refractivity contribution in [2.75, 3.05) is 20.2 Å². The molecule has 0 bridgehead atoms. The van der Waals surface area contributed by atoms with Crippen molar-refractivity contribution in [1.82, 2.24) is 10.2 Å². The van der Waals surface area contributed by atoms with Crippen LogP contribution in [0.2, 0.25) is 0 Å². The van der Waals surface area contributed by atoms with Crippen LogP contribution in [0, 0.1) is 0 Å². The fourth-order valence-corrected chi connectivity index (χ4v) is 2.74. The van der Waals surface area contributed by atoms with Gasteiger partial charge in [-0.15, -0.1) is 0 Å². The number of ether oxygens (including phenoxy) is 1. The Labute approximate surface area is 106 Å². The highest BCUT2D eigenvalue weighted by atomic mass is 16.5. The van der Waals surface area contributed by atoms with E-state index in [1.54, 1.807) is 7.11 Å². The van der Waals surface area contributed by atoms with Crippen molar-refractivity contribution in [3.8, 4) is 0 Å². The number of carboxylic acid groups (broad SMARTS) is 1. The SMILES string of the molecule is COC1CC(C(=O)O)N(C(=O)CC2CCCN2)C1. The molecule has 2 fully saturated rings. The Morgan fingerprint density at radius 2 is 2.28 bits per heavy atom. The topological polar surface area (TPSA) is 78.9 Å². The zero-order chi connectivity index (χ0) is 13.1. The number of aliphatic carboxylic acids is 1. The number of hydrogen-bond donors (Lipinski definition) is 2. The third kappa shape index (κ3) is 2.81. The molecule has 6 heteroatoms. The average molecular weight is 256 g/mol. The van der Waals surface area contributed by atoms with Gasteiger partial charge in [0.2, 0.25) is 5.91 Å². The first-order chi connectivity index (χ1) is 8.61. The van der Waals surface area contributed by atoms with Crippen LogP contribution in [-0.4, -0.2) is 60.3 Å². The summed E-state index contributed by atoms with van der Waals surface area (Å²) in [6.45, 7) is 1.33. The second-order valence-corrected chi connectivity index (χ2v) is 4.99. The highest BCUT2D eigenvalue weighted by molar-refractivity contribution is 5.84. The van der Waals surface area contributed by atoms with Gasteiger partial charge < -0.3 is 20.1 Å². The molecule has 0 saturated carbocycles. The predicted molar refractivity (Wildman–Crippen MR) is 64.2 cm³/mol. The summed E-state index contributed by atoms with van der Waals surface area (Å²) in [5.74, 6) is -1.02. The molecule has 0 aromatic carbocycles. The summed E-state index contributed by atoms with van der Waals surface area (Å²) in [5.41, 5.74) is 0. The van der Waals surface area contributed by atoms with Gasteiger partial charge in [-0.25, -0.2) is 4.79 Å². The smallest absolute Gasteiger partial charge is 0.326 e. The van der Waals surface area contributed by atoms with E-state index < -0.39 is 12.0 Å². The van der Waals surface area contributed by atoms with Gasteiger partial charge in [0.05, 0.1) is 6.10 Å². The molecule has 2 aliphatic rings. The Bertz CT molecular complexity index is 328. The molecule has 2 heterocycles. The average Bonchev–Trinajstić information content (AvgIpc) is 2.96. The number of carbonyl (C=O) groups is 2. The summed E-state index contributed by atoms with van der Waals surface area (Å²) in [6.07, 6.45) is 2.69. The zero-order valence-electron chi connectivity index (χ0n) is 10.6. The van der Waals surface area contributed by atoms with Gasteiger partial charge in [0.1, 0.15) is 6.04 Å². The van der Waals surface area contributed by atoms with Crippen molar-refractivity contribution in [1.29, 1.82) is 0 Å². The number of nitrogens with zero attached hydrogens (tertiary/aromatic N) is 1. The quantitative estimate of drug-likeness (QED) is 0.730. The number of hydrogen-bond acceptors (Lipinski definition) is 4. The zero-order valence-corrected chi connectivity index (χ0v) is 10.6. The lowest BCUT2D eigenvalue weighted by atomic mass is 10.1. The molecular formula is C12H20N2O4. The second kappa shape index (κ2) is 5.67. The Hall–Kier alpha value is -1.14. The van der Waals surface area contributed by atoms with Crippen LogP contribution in [0.15, 0.2) is 0 Å². The Balaban J connectivity index is 1.96. The van der Waals surface area contributed by atoms with Crippen molar-refractivity contribution in [2.24, 2.45) is 0 Å². The van der Waals surface area contributed by atoms with Gasteiger partial charge in [-0.2, -0.15) is 0 Å². The van der Waals surface area contributed by atoms with Crippen LogP contribution < -0.4 is 5.32 Å². The van der Waals surface area contributed by atoms with Gasteiger partial charge in [-0.1, -0.05) is 0 Å². The van der Waals surface area contributed by atoms with E-state index in [4.69, 9.17) is 9.84 Å². The molecule has 0 aromatic heterocycles. The van der Waals surface area contributed by atoms with Crippen LogP contribution in [0.1, 0.15) is 25.7 Å². The molecule has 18 heavy (non-hydrogen) atoms. The number of amides is 1. The lowest BCUT2D eigenvalue weighted by Crippen LogP contribution is -2.42. The molecule has 3 atom stereocenters. The van der Waals surface area contributed by atoms with Gasteiger partial charge in [-0.3, -0.25) is 4.79 Å². The normalized spacial score (nSPS) is 31.8. The fourth-order valence-electron chi connectivity index (χ4n) is 2.74. The van der Waals surface area contributed by atoms with E-state index in [2.05, 4.69) is 5.32 Å². The molecule has 102 valence electrons. The van der Waals surface area contributed by atoms with E-state index in [0.717, 1.165) is 19.4 Å². The van der Waals surface area contributed by atoms with Crippen molar-refractivity contribution in [3.63, 3.8) is 0 Å². The third-order valence-electron chi connectivity index (χ3n) is 3.78. The molecule has 0 aromatic rings. The van der Waals surface area contributed by atoms with Crippen LogP contribution in [0.3, 0.4) is 0 Å². The minimum absolute atomic E-state index is 0.0821. The van der Waals surface area contributed by atoms with Crippen molar-refractivity contribution in [3.05, 3.63) is 0 Å². The lowest BCUT2D eigenvalue weighted by molar-refractivity contribution is -0.148. The number of likely N-dealkylation sites (tertiary alicyclic amines) is 1. The van der Waals surface area contributed by atoms with Gasteiger partial charge in [0, 0.05) is 32.5 Å². The standard InChI is InChI=1S/C12H20N2O4/c1-18-9-6-10(12(16)17)14(7-9)11(15)5-8-3-2-4-13-8/h8-10,13H,2-7H2,1H3,(H,16,17). The van der Waals surface area contributed by atoms with Gasteiger partial charge in [0.15, 0.2) is 0 Å². The summed E-state index contributed by atoms with van der Waals surface area (Å²) < 4.78 is 5.17. The highest BCUT2D eigenvalue weighted by Gasteiger charge is 2.40. The molecular weight excluding hydrogens is 236 g/mol. The van der Waals surface area contributed by atoms with E-state index in [-0.39, 0.29) is 18.1 Å². The maximum atomic E-state index is 12.1. The number of nitrogens with one attached hydrogen (secondary N) is 1. The van der Waals surface area contributed by atoms with Crippen LogP contribution in [-0.2, 0) is 14.3 Å². The van der Waals surface area contributed by atoms with Crippen molar-refractivity contribution in [2.45, 2.75) is 43.9 Å². The number of rotatable bonds is 4. The molecule has 3 unspecified atom stereocenters. The van der Waals surface area contributed by atoms with Gasteiger partial charge >= 0.3 is 5.97 Å². The third-order valence-corrected chi connectivity index (χ3v) is 3.78. The second-order valence-electron chi connectivity index (χ2n) is 4.99. The molecule has 1 amide bonds. The summed E-state index contributed by atoms with van der Waals surface area (Å²) in [4.78, 5) is 24.7. The molecule has 0 aliphatic carbocycles. The molecule has 2 rings (SSSR count). The summed E-state index contributed by atoms with van der Waals surface area (Å²) >= 11 is 0. The van der Waals surface area contributed by atoms with Crippen molar-refractivity contribution >= 4 is 11.9 Å². The minimum Gasteiger partial charge on any atom is -0.480 e. The molecule has 0 spiro atoms. The molecule has 2 saturated heterocycles. The Morgan fingerprint density at radius 1 is 1.50 bits per heavy atom. The summed E-state index contributed by atoms with van der Waals surface area (Å²) in [6, 6.07) is -0.530. The van der Waals surface area contributed by atoms with Crippen LogP contribution in [0.5, 0.6) is 0 Å². The minimum atomic E-state index is -0.942. The van der Waals surface area contributed by atoms with E-state index in [9.17, 15) is 9.59 Å². The van der Waals surface area contributed by atoms with E-state index in [1.807, 2.05) is 0 Å². The first-order valence-corrected chi connectivity index (χ1v) is 6.40. The fraction of sp³-hybridized carbons (Fsp3) is 0.833. The lowest BCUT2D eigenvalue weighted by Gasteiger charge is -2.22. The van der Waals surface area contributed by atoms with Crippen LogP contribution in [0.4, 0.5) is 0 Å². The Morgan fingerprint density at radius 3 is 2.83 bits per heavy atom. The Kier molecular flexibility index (Phi) is 4.19. The monoisotopic (exact) mass is 256 g/mol. The van der Waals surface area contributed by atoms with Crippen LogP contribution >= 0.6 is 0 Å². The molecule has 2 aliphatic heterocycles. The predicted octanol–water partition coefficient (Wildman–Crippen LogP) is -0.171. The number of methoxy groups -OCH3 is 1. The molecule has 0 radical (unpaired) electrons. The van der Waals surface area contributed by atoms with E-state index in [1.165, 1.54) is 4.90 Å². The maximum absolute atomic E-state index is 12.1. The summed E-state index contributed by atoms with van der Waals surface area (Å²) in [5, 5.41) is 12.4. The van der Waals surface area contributed by atoms with Gasteiger partial charge in [0.25, 0.3) is 0 Å². The molecule has 6 nitrogen and oxygen atoms in total. The van der Waals surface area contributed by atoms with E-state index in [0.29, 0.717) is 19.4 Å². The first-order valence-electron chi connectivity index (χ1n) is 6.40. The van der Waals surface area contributed by atoms with Gasteiger partial charge in [-0.05, 0) is 19.4 Å². The number of carboxylic acids is 1. The summed E-state index contributed by atoms with van der Waals surface area (Å²) in [7, 11) is 1.55. The van der Waals surface area contributed by atoms with Crippen molar-refractivity contribution < 1.29 is 19.4 Å². The largest absolute Gasteiger partial charge is 0.480 e. The molecule has 2 N–H and O–H groups in total. The van der Waals surface area contributed by atoms with Crippen LogP contribution in [0.25, 0.3) is 0 Å². The first kappa shape index (κ1) is 13.3. The maximum Gasteiger partial charge on any atom is 0.326 e. The van der Waals surface area contributed by atoms with E-state index >= 15 is 0 Å².